The molecule has 0 saturated heterocycles. The standard InChI is InChI=1S/C17H18N4O5/c22-16(18-7-8-19-17(23)15-2-1-9-26-15)11-3-6-13(20-12-4-5-12)14(10-11)21(24)25/h1-3,6,9-10,12,20H,4-5,7-8H2,(H,18,22)(H,19,23). The third-order valence-corrected chi connectivity index (χ3v) is 3.83. The molecule has 0 bridgehead atoms. The lowest BCUT2D eigenvalue weighted by Gasteiger charge is -2.09. The van der Waals surface area contributed by atoms with Crippen LogP contribution < -0.4 is 16.0 Å². The zero-order valence-corrected chi connectivity index (χ0v) is 13.9. The van der Waals surface area contributed by atoms with Gasteiger partial charge in [0.25, 0.3) is 17.5 Å². The first-order valence-electron chi connectivity index (χ1n) is 8.19. The molecule has 1 aliphatic rings. The normalized spacial score (nSPS) is 13.1. The summed E-state index contributed by atoms with van der Waals surface area (Å²) in [6, 6.07) is 7.74. The molecule has 9 heteroatoms. The van der Waals surface area contributed by atoms with E-state index in [1.807, 2.05) is 0 Å². The maximum atomic E-state index is 12.2. The van der Waals surface area contributed by atoms with Crippen molar-refractivity contribution in [1.82, 2.24) is 10.6 Å². The molecule has 0 spiro atoms. The molecule has 0 aliphatic heterocycles. The number of furan rings is 1. The highest BCUT2D eigenvalue weighted by atomic mass is 16.6. The van der Waals surface area contributed by atoms with Gasteiger partial charge < -0.3 is 20.4 Å². The molecule has 1 aliphatic carbocycles. The van der Waals surface area contributed by atoms with Gasteiger partial charge >= 0.3 is 0 Å². The van der Waals surface area contributed by atoms with Crippen molar-refractivity contribution >= 4 is 23.2 Å². The summed E-state index contributed by atoms with van der Waals surface area (Å²) in [5.74, 6) is -0.639. The fourth-order valence-corrected chi connectivity index (χ4v) is 2.34. The number of nitrogens with one attached hydrogen (secondary N) is 3. The summed E-state index contributed by atoms with van der Waals surface area (Å²) in [6.45, 7) is 0.385. The Balaban J connectivity index is 1.53. The lowest BCUT2D eigenvalue weighted by molar-refractivity contribution is -0.384. The number of hydrogen-bond donors (Lipinski definition) is 3. The first-order chi connectivity index (χ1) is 12.5. The van der Waals surface area contributed by atoms with Gasteiger partial charge in [-0.1, -0.05) is 0 Å². The van der Waals surface area contributed by atoms with E-state index in [-0.39, 0.29) is 42.0 Å². The second-order valence-electron chi connectivity index (χ2n) is 5.90. The van der Waals surface area contributed by atoms with Crippen LogP contribution in [0.5, 0.6) is 0 Å². The average molecular weight is 358 g/mol. The number of carbonyl (C=O) groups is 2. The second-order valence-corrected chi connectivity index (χ2v) is 5.90. The van der Waals surface area contributed by atoms with Crippen LogP contribution in [-0.4, -0.2) is 35.9 Å². The Bertz CT molecular complexity index is 815. The van der Waals surface area contributed by atoms with E-state index in [1.54, 1.807) is 12.1 Å². The van der Waals surface area contributed by atoms with E-state index in [1.165, 1.54) is 24.5 Å². The third kappa shape index (κ3) is 4.38. The molecule has 3 rings (SSSR count). The van der Waals surface area contributed by atoms with Gasteiger partial charge in [-0.25, -0.2) is 0 Å². The SMILES string of the molecule is O=C(NCCNC(=O)c1ccco1)c1ccc(NC2CC2)c([N+](=O)[O-])c1. The Kier molecular flexibility index (Phi) is 5.16. The Morgan fingerprint density at radius 3 is 2.50 bits per heavy atom. The monoisotopic (exact) mass is 358 g/mol. The van der Waals surface area contributed by atoms with E-state index in [0.29, 0.717) is 5.69 Å². The average Bonchev–Trinajstić information content (AvgIpc) is 3.27. The van der Waals surface area contributed by atoms with Crippen LogP contribution >= 0.6 is 0 Å². The number of benzene rings is 1. The Morgan fingerprint density at radius 2 is 1.88 bits per heavy atom. The molecule has 136 valence electrons. The second kappa shape index (κ2) is 7.68. The largest absolute Gasteiger partial charge is 0.459 e. The lowest BCUT2D eigenvalue weighted by Crippen LogP contribution is -2.34. The first kappa shape index (κ1) is 17.5. The predicted octanol–water partition coefficient (Wildman–Crippen LogP) is 1.92. The minimum absolute atomic E-state index is 0.129. The summed E-state index contributed by atoms with van der Waals surface area (Å²) in [4.78, 5) is 34.5. The van der Waals surface area contributed by atoms with E-state index < -0.39 is 10.8 Å². The van der Waals surface area contributed by atoms with Gasteiger partial charge in [0.05, 0.1) is 11.2 Å². The van der Waals surface area contributed by atoms with Gasteiger partial charge in [0.1, 0.15) is 5.69 Å². The van der Waals surface area contributed by atoms with Crippen molar-refractivity contribution in [1.29, 1.82) is 0 Å². The van der Waals surface area contributed by atoms with Gasteiger partial charge in [0.2, 0.25) is 0 Å². The molecular weight excluding hydrogens is 340 g/mol. The van der Waals surface area contributed by atoms with Gasteiger partial charge in [-0.05, 0) is 37.1 Å². The van der Waals surface area contributed by atoms with Crippen molar-refractivity contribution in [2.45, 2.75) is 18.9 Å². The van der Waals surface area contributed by atoms with Gasteiger partial charge in [-0.3, -0.25) is 19.7 Å². The van der Waals surface area contributed by atoms with Crippen molar-refractivity contribution in [3.8, 4) is 0 Å². The topological polar surface area (TPSA) is 127 Å². The molecular formula is C17H18N4O5. The van der Waals surface area contributed by atoms with E-state index in [4.69, 9.17) is 4.42 Å². The first-order valence-corrected chi connectivity index (χ1v) is 8.19. The third-order valence-electron chi connectivity index (χ3n) is 3.83. The van der Waals surface area contributed by atoms with Crippen LogP contribution in [0.15, 0.2) is 41.0 Å². The Morgan fingerprint density at radius 1 is 1.15 bits per heavy atom. The summed E-state index contributed by atoms with van der Waals surface area (Å²) < 4.78 is 4.95. The summed E-state index contributed by atoms with van der Waals surface area (Å²) >= 11 is 0. The maximum absolute atomic E-state index is 12.2. The molecule has 0 unspecified atom stereocenters. The molecule has 1 fully saturated rings. The molecule has 2 amide bonds. The number of amides is 2. The summed E-state index contributed by atoms with van der Waals surface area (Å²) in [5, 5.41) is 19.5. The summed E-state index contributed by atoms with van der Waals surface area (Å²) in [5.41, 5.74) is 0.478. The fraction of sp³-hybridized carbons (Fsp3) is 0.294. The number of nitro benzene ring substituents is 1. The van der Waals surface area contributed by atoms with Crippen LogP contribution in [0.3, 0.4) is 0 Å². The molecule has 1 saturated carbocycles. The molecule has 9 nitrogen and oxygen atoms in total. The van der Waals surface area contributed by atoms with Crippen molar-refractivity contribution < 1.29 is 18.9 Å². The lowest BCUT2D eigenvalue weighted by atomic mass is 10.1. The zero-order chi connectivity index (χ0) is 18.5. The highest BCUT2D eigenvalue weighted by Crippen LogP contribution is 2.31. The molecule has 0 atom stereocenters. The van der Waals surface area contributed by atoms with Crippen molar-refractivity contribution in [3.63, 3.8) is 0 Å². The number of anilines is 1. The number of carbonyl (C=O) groups excluding carboxylic acids is 2. The maximum Gasteiger partial charge on any atom is 0.293 e. The molecule has 1 heterocycles. The van der Waals surface area contributed by atoms with Crippen LogP contribution in [0.1, 0.15) is 33.8 Å². The summed E-state index contributed by atoms with van der Waals surface area (Å²) in [6.07, 6.45) is 3.37. The van der Waals surface area contributed by atoms with Gasteiger partial charge in [-0.2, -0.15) is 0 Å². The van der Waals surface area contributed by atoms with Gasteiger partial charge in [0, 0.05) is 30.8 Å². The summed E-state index contributed by atoms with van der Waals surface area (Å²) in [7, 11) is 0. The molecule has 1 aromatic heterocycles. The highest BCUT2D eigenvalue weighted by Gasteiger charge is 2.25. The molecule has 2 aromatic rings. The van der Waals surface area contributed by atoms with Gasteiger partial charge in [0.15, 0.2) is 5.76 Å². The van der Waals surface area contributed by atoms with E-state index >= 15 is 0 Å². The molecule has 26 heavy (non-hydrogen) atoms. The molecule has 0 radical (unpaired) electrons. The number of hydrogen-bond acceptors (Lipinski definition) is 6. The van der Waals surface area contributed by atoms with Gasteiger partial charge in [-0.15, -0.1) is 0 Å². The Hall–Kier alpha value is -3.36. The van der Waals surface area contributed by atoms with E-state index in [0.717, 1.165) is 12.8 Å². The fourth-order valence-electron chi connectivity index (χ4n) is 2.34. The zero-order valence-electron chi connectivity index (χ0n) is 13.9. The number of rotatable bonds is 8. The van der Waals surface area contributed by atoms with E-state index in [9.17, 15) is 19.7 Å². The van der Waals surface area contributed by atoms with Crippen LogP contribution in [0, 0.1) is 10.1 Å². The van der Waals surface area contributed by atoms with Crippen LogP contribution in [-0.2, 0) is 0 Å². The van der Waals surface area contributed by atoms with Crippen LogP contribution in [0.2, 0.25) is 0 Å². The molecule has 3 N–H and O–H groups in total. The molecule has 1 aromatic carbocycles. The highest BCUT2D eigenvalue weighted by molar-refractivity contribution is 5.96. The van der Waals surface area contributed by atoms with Crippen molar-refractivity contribution in [2.24, 2.45) is 0 Å². The number of nitrogens with zero attached hydrogens (tertiary/aromatic N) is 1. The van der Waals surface area contributed by atoms with E-state index in [2.05, 4.69) is 16.0 Å². The van der Waals surface area contributed by atoms with Crippen LogP contribution in [0.25, 0.3) is 0 Å². The predicted molar refractivity (Wildman–Crippen MR) is 93.1 cm³/mol. The van der Waals surface area contributed by atoms with Crippen molar-refractivity contribution in [3.05, 3.63) is 58.0 Å². The quantitative estimate of drug-likeness (QED) is 0.376. The minimum Gasteiger partial charge on any atom is -0.459 e. The Labute approximate surface area is 148 Å². The minimum atomic E-state index is -0.509. The smallest absolute Gasteiger partial charge is 0.293 e. The number of nitro groups is 1. The van der Waals surface area contributed by atoms with Crippen LogP contribution in [0.4, 0.5) is 11.4 Å². The van der Waals surface area contributed by atoms with Crippen molar-refractivity contribution in [2.75, 3.05) is 18.4 Å².